The van der Waals surface area contributed by atoms with Gasteiger partial charge >= 0.3 is 0 Å². The molecule has 0 saturated heterocycles. The highest BCUT2D eigenvalue weighted by Gasteiger charge is 2.67. The van der Waals surface area contributed by atoms with E-state index in [4.69, 9.17) is 0 Å². The van der Waals surface area contributed by atoms with Gasteiger partial charge in [-0.15, -0.1) is 0 Å². The van der Waals surface area contributed by atoms with Crippen LogP contribution in [0.25, 0.3) is 0 Å². The molecule has 0 aromatic heterocycles. The molecule has 4 aliphatic carbocycles. The van der Waals surface area contributed by atoms with Crippen LogP contribution in [0.5, 0.6) is 0 Å². The highest BCUT2D eigenvalue weighted by atomic mass is 16.3. The Bertz CT molecular complexity index is 584. The predicted octanol–water partition coefficient (Wildman–Crippen LogP) is 3.92. The second-order valence-corrected chi connectivity index (χ2v) is 9.69. The molecule has 0 radical (unpaired) electrons. The summed E-state index contributed by atoms with van der Waals surface area (Å²) in [6.45, 7) is 6.63. The van der Waals surface area contributed by atoms with E-state index in [0.717, 1.165) is 44.9 Å². The number of carbonyl (C=O) groups is 2. The Kier molecular flexibility index (Phi) is 3.60. The first kappa shape index (κ1) is 16.8. The molecule has 0 aromatic carbocycles. The zero-order valence-electron chi connectivity index (χ0n) is 15.4. The summed E-state index contributed by atoms with van der Waals surface area (Å²) in [6.07, 6.45) is 7.57. The smallest absolute Gasteiger partial charge is 0.139 e. The standard InChI is InChI=1S/C21H32O3/c1-4-13-11-15-16-5-6-18(23)19(16,2)9-8-17(15)20(3)10-7-14(22)12-21(13,20)24/h13,15-17,24H,4-12H2,1-3H3/t13-,15+,16+,17+,19+,20-,21+/m1/s1. The van der Waals surface area contributed by atoms with Crippen LogP contribution < -0.4 is 0 Å². The minimum atomic E-state index is -0.825. The number of hydrogen-bond acceptors (Lipinski definition) is 3. The van der Waals surface area contributed by atoms with Gasteiger partial charge < -0.3 is 5.11 Å². The molecule has 0 heterocycles. The Balaban J connectivity index is 1.75. The molecule has 0 amide bonds. The van der Waals surface area contributed by atoms with E-state index in [0.29, 0.717) is 36.4 Å². The summed E-state index contributed by atoms with van der Waals surface area (Å²) in [5, 5.41) is 11.7. The van der Waals surface area contributed by atoms with E-state index < -0.39 is 5.60 Å². The Morgan fingerprint density at radius 3 is 2.54 bits per heavy atom. The van der Waals surface area contributed by atoms with Gasteiger partial charge in [0.05, 0.1) is 5.60 Å². The quantitative estimate of drug-likeness (QED) is 0.792. The number of hydrogen-bond donors (Lipinski definition) is 1. The molecular weight excluding hydrogens is 300 g/mol. The van der Waals surface area contributed by atoms with Gasteiger partial charge in [-0.3, -0.25) is 9.59 Å². The lowest BCUT2D eigenvalue weighted by molar-refractivity contribution is -0.228. The molecular formula is C21H32O3. The molecule has 4 fully saturated rings. The molecule has 0 spiro atoms. The van der Waals surface area contributed by atoms with E-state index in [2.05, 4.69) is 20.8 Å². The van der Waals surface area contributed by atoms with Crippen LogP contribution >= 0.6 is 0 Å². The molecule has 3 nitrogen and oxygen atoms in total. The van der Waals surface area contributed by atoms with Crippen molar-refractivity contribution in [2.75, 3.05) is 0 Å². The summed E-state index contributed by atoms with van der Waals surface area (Å²) >= 11 is 0. The maximum Gasteiger partial charge on any atom is 0.139 e. The van der Waals surface area contributed by atoms with E-state index in [9.17, 15) is 14.7 Å². The third-order valence-corrected chi connectivity index (χ3v) is 9.07. The van der Waals surface area contributed by atoms with Gasteiger partial charge in [-0.25, -0.2) is 0 Å². The highest BCUT2D eigenvalue weighted by molar-refractivity contribution is 5.87. The summed E-state index contributed by atoms with van der Waals surface area (Å²) in [5.41, 5.74) is -1.10. The van der Waals surface area contributed by atoms with Crippen molar-refractivity contribution < 1.29 is 14.7 Å². The van der Waals surface area contributed by atoms with Crippen molar-refractivity contribution in [3.63, 3.8) is 0 Å². The van der Waals surface area contributed by atoms with Crippen molar-refractivity contribution in [1.82, 2.24) is 0 Å². The predicted molar refractivity (Wildman–Crippen MR) is 92.4 cm³/mol. The van der Waals surface area contributed by atoms with Gasteiger partial charge in [0.25, 0.3) is 0 Å². The second-order valence-electron chi connectivity index (χ2n) is 9.69. The number of aliphatic hydroxyl groups is 1. The van der Waals surface area contributed by atoms with Crippen LogP contribution in [0.4, 0.5) is 0 Å². The fraction of sp³-hybridized carbons (Fsp3) is 0.905. The van der Waals surface area contributed by atoms with Crippen molar-refractivity contribution in [3.05, 3.63) is 0 Å². The first-order valence-corrected chi connectivity index (χ1v) is 10.0. The molecule has 7 atom stereocenters. The van der Waals surface area contributed by atoms with E-state index >= 15 is 0 Å². The molecule has 4 saturated carbocycles. The number of ketones is 2. The van der Waals surface area contributed by atoms with Crippen LogP contribution in [0.2, 0.25) is 0 Å². The molecule has 4 aliphatic rings. The van der Waals surface area contributed by atoms with Crippen LogP contribution in [0, 0.1) is 34.5 Å². The SMILES string of the molecule is CC[C@@H]1C[C@H]2[C@@H]3CCC(=O)[C@@]3(C)CC[C@@H]2[C@@]2(C)CCC(=O)C[C@]12O. The van der Waals surface area contributed by atoms with Crippen molar-refractivity contribution >= 4 is 11.6 Å². The number of fused-ring (bicyclic) bond motifs is 5. The minimum absolute atomic E-state index is 0.115. The molecule has 134 valence electrons. The van der Waals surface area contributed by atoms with Gasteiger partial charge in [-0.05, 0) is 55.8 Å². The second kappa shape index (κ2) is 5.16. The topological polar surface area (TPSA) is 54.4 Å². The van der Waals surface area contributed by atoms with E-state index in [1.54, 1.807) is 0 Å². The van der Waals surface area contributed by atoms with Crippen molar-refractivity contribution in [2.24, 2.45) is 34.5 Å². The minimum Gasteiger partial charge on any atom is -0.389 e. The fourth-order valence-electron chi connectivity index (χ4n) is 7.53. The van der Waals surface area contributed by atoms with Crippen LogP contribution in [0.15, 0.2) is 0 Å². The molecule has 0 aliphatic heterocycles. The molecule has 0 bridgehead atoms. The number of rotatable bonds is 1. The van der Waals surface area contributed by atoms with Gasteiger partial charge in [0.15, 0.2) is 0 Å². The summed E-state index contributed by atoms with van der Waals surface area (Å²) in [7, 11) is 0. The maximum atomic E-state index is 12.5. The average molecular weight is 332 g/mol. The van der Waals surface area contributed by atoms with Gasteiger partial charge in [0, 0.05) is 30.1 Å². The Morgan fingerprint density at radius 1 is 1.08 bits per heavy atom. The molecule has 1 N–H and O–H groups in total. The Morgan fingerprint density at radius 2 is 1.83 bits per heavy atom. The zero-order valence-corrected chi connectivity index (χ0v) is 15.4. The zero-order chi connectivity index (χ0) is 17.3. The third kappa shape index (κ3) is 1.88. The Labute approximate surface area is 145 Å². The highest BCUT2D eigenvalue weighted by Crippen LogP contribution is 2.67. The third-order valence-electron chi connectivity index (χ3n) is 9.07. The average Bonchev–Trinajstić information content (AvgIpc) is 2.84. The van der Waals surface area contributed by atoms with Crippen LogP contribution in [0.3, 0.4) is 0 Å². The van der Waals surface area contributed by atoms with E-state index in [1.807, 2.05) is 0 Å². The Hall–Kier alpha value is -0.700. The van der Waals surface area contributed by atoms with Gasteiger partial charge in [-0.2, -0.15) is 0 Å². The largest absolute Gasteiger partial charge is 0.389 e. The maximum absolute atomic E-state index is 12.5. The first-order chi connectivity index (χ1) is 11.3. The normalized spacial score (nSPS) is 54.2. The van der Waals surface area contributed by atoms with Crippen LogP contribution in [-0.4, -0.2) is 22.3 Å². The van der Waals surface area contributed by atoms with Crippen molar-refractivity contribution in [3.8, 4) is 0 Å². The number of carbonyl (C=O) groups excluding carboxylic acids is 2. The molecule has 0 aromatic rings. The van der Waals surface area contributed by atoms with Crippen LogP contribution in [0.1, 0.15) is 78.6 Å². The monoisotopic (exact) mass is 332 g/mol. The summed E-state index contributed by atoms with van der Waals surface area (Å²) < 4.78 is 0. The summed E-state index contributed by atoms with van der Waals surface area (Å²) in [5.74, 6) is 2.44. The lowest BCUT2D eigenvalue weighted by atomic mass is 9.41. The first-order valence-electron chi connectivity index (χ1n) is 10.0. The lowest BCUT2D eigenvalue weighted by Gasteiger charge is -2.65. The summed E-state index contributed by atoms with van der Waals surface area (Å²) in [6, 6.07) is 0. The van der Waals surface area contributed by atoms with Crippen molar-refractivity contribution in [2.45, 2.75) is 84.2 Å². The van der Waals surface area contributed by atoms with E-state index in [1.165, 1.54) is 0 Å². The lowest BCUT2D eigenvalue weighted by Crippen LogP contribution is -2.66. The van der Waals surface area contributed by atoms with Gasteiger partial charge in [0.2, 0.25) is 0 Å². The molecule has 4 rings (SSSR count). The molecule has 3 heteroatoms. The molecule has 24 heavy (non-hydrogen) atoms. The van der Waals surface area contributed by atoms with E-state index in [-0.39, 0.29) is 22.5 Å². The van der Waals surface area contributed by atoms with Gasteiger partial charge in [-0.1, -0.05) is 27.2 Å². The van der Waals surface area contributed by atoms with Crippen LogP contribution in [-0.2, 0) is 9.59 Å². The fourth-order valence-corrected chi connectivity index (χ4v) is 7.53. The summed E-state index contributed by atoms with van der Waals surface area (Å²) in [4.78, 5) is 24.7. The van der Waals surface area contributed by atoms with Gasteiger partial charge in [0.1, 0.15) is 11.6 Å². The molecule has 0 unspecified atom stereocenters. The van der Waals surface area contributed by atoms with Crippen molar-refractivity contribution in [1.29, 1.82) is 0 Å². The number of Topliss-reactive ketones (excluding diaryl/α,β-unsaturated/α-hetero) is 2.